The standard InChI is InChI=1S/C18H17N2O/c1-2-6-15(7-3-1)13-19-10-11-20(14-19)18-12-16-8-4-5-9-17(16)21-18/h1-11,14,18H,12-13H2/q+1. The van der Waals surface area contributed by atoms with Gasteiger partial charge in [0.05, 0.1) is 6.42 Å². The van der Waals surface area contributed by atoms with Crippen molar-refractivity contribution < 1.29 is 9.30 Å². The van der Waals surface area contributed by atoms with Gasteiger partial charge in [0.15, 0.2) is 0 Å². The van der Waals surface area contributed by atoms with E-state index in [0.29, 0.717) is 0 Å². The van der Waals surface area contributed by atoms with Crippen molar-refractivity contribution in [2.24, 2.45) is 0 Å². The fourth-order valence-corrected chi connectivity index (χ4v) is 2.80. The lowest BCUT2D eigenvalue weighted by Crippen LogP contribution is -2.32. The van der Waals surface area contributed by atoms with Crippen molar-refractivity contribution in [1.82, 2.24) is 4.57 Å². The Balaban J connectivity index is 1.51. The number of para-hydroxylation sites is 1. The van der Waals surface area contributed by atoms with Crippen molar-refractivity contribution in [3.8, 4) is 5.75 Å². The SMILES string of the molecule is c1ccc(C[n+]2ccn(C3Cc4ccccc4O3)c2)cc1. The molecule has 3 heteroatoms. The molecule has 1 aliphatic rings. The van der Waals surface area contributed by atoms with Crippen LogP contribution in [0.2, 0.25) is 0 Å². The van der Waals surface area contributed by atoms with E-state index in [1.54, 1.807) is 0 Å². The molecule has 0 saturated carbocycles. The van der Waals surface area contributed by atoms with E-state index >= 15 is 0 Å². The molecular formula is C18H17N2O+. The predicted molar refractivity (Wildman–Crippen MR) is 80.0 cm³/mol. The van der Waals surface area contributed by atoms with Gasteiger partial charge in [0.2, 0.25) is 12.6 Å². The number of aromatic nitrogens is 2. The second-order valence-corrected chi connectivity index (χ2v) is 5.40. The Morgan fingerprint density at radius 2 is 1.86 bits per heavy atom. The van der Waals surface area contributed by atoms with Crippen LogP contribution in [0.25, 0.3) is 0 Å². The summed E-state index contributed by atoms with van der Waals surface area (Å²) in [6.45, 7) is 0.882. The van der Waals surface area contributed by atoms with E-state index in [2.05, 4.69) is 64.3 Å². The van der Waals surface area contributed by atoms with Gasteiger partial charge in [0, 0.05) is 5.56 Å². The van der Waals surface area contributed by atoms with Crippen LogP contribution < -0.4 is 9.30 Å². The number of hydrogen-bond donors (Lipinski definition) is 0. The molecule has 0 aliphatic carbocycles. The molecule has 1 unspecified atom stereocenters. The third-order valence-electron chi connectivity index (χ3n) is 3.88. The quantitative estimate of drug-likeness (QED) is 0.673. The van der Waals surface area contributed by atoms with Crippen LogP contribution in [-0.2, 0) is 13.0 Å². The summed E-state index contributed by atoms with van der Waals surface area (Å²) in [5.41, 5.74) is 2.58. The maximum absolute atomic E-state index is 6.01. The number of benzene rings is 2. The van der Waals surface area contributed by atoms with Crippen LogP contribution in [0.3, 0.4) is 0 Å². The van der Waals surface area contributed by atoms with Crippen LogP contribution in [0, 0.1) is 0 Å². The molecule has 1 atom stereocenters. The van der Waals surface area contributed by atoms with E-state index in [1.165, 1.54) is 11.1 Å². The number of imidazole rings is 1. The van der Waals surface area contributed by atoms with Crippen LogP contribution in [-0.4, -0.2) is 4.57 Å². The van der Waals surface area contributed by atoms with Gasteiger partial charge in [-0.15, -0.1) is 0 Å². The number of nitrogens with zero attached hydrogens (tertiary/aromatic N) is 2. The topological polar surface area (TPSA) is 18.0 Å². The van der Waals surface area contributed by atoms with Crippen LogP contribution in [0.15, 0.2) is 73.3 Å². The third kappa shape index (κ3) is 2.42. The number of rotatable bonds is 3. The first-order valence-electron chi connectivity index (χ1n) is 7.23. The second kappa shape index (κ2) is 5.09. The fraction of sp³-hybridized carbons (Fsp3) is 0.167. The van der Waals surface area contributed by atoms with Crippen molar-refractivity contribution in [3.05, 3.63) is 84.4 Å². The minimum atomic E-state index is 0.0689. The smallest absolute Gasteiger partial charge is 0.247 e. The molecule has 2 aromatic carbocycles. The highest BCUT2D eigenvalue weighted by atomic mass is 16.5. The molecule has 0 saturated heterocycles. The highest BCUT2D eigenvalue weighted by Crippen LogP contribution is 2.32. The monoisotopic (exact) mass is 277 g/mol. The van der Waals surface area contributed by atoms with E-state index in [9.17, 15) is 0 Å². The first-order chi connectivity index (χ1) is 10.4. The zero-order valence-corrected chi connectivity index (χ0v) is 11.7. The molecule has 0 amide bonds. The summed E-state index contributed by atoms with van der Waals surface area (Å²) in [4.78, 5) is 0. The molecule has 104 valence electrons. The van der Waals surface area contributed by atoms with E-state index in [0.717, 1.165) is 18.7 Å². The van der Waals surface area contributed by atoms with E-state index < -0.39 is 0 Å². The molecule has 0 bridgehead atoms. The molecule has 0 N–H and O–H groups in total. The lowest BCUT2D eigenvalue weighted by molar-refractivity contribution is -0.688. The number of fused-ring (bicyclic) bond motifs is 1. The van der Waals surface area contributed by atoms with Crippen LogP contribution in [0.4, 0.5) is 0 Å². The highest BCUT2D eigenvalue weighted by Gasteiger charge is 2.27. The first kappa shape index (κ1) is 12.2. The average Bonchev–Trinajstić information content (AvgIpc) is 3.14. The molecular weight excluding hydrogens is 260 g/mol. The molecule has 3 nitrogen and oxygen atoms in total. The van der Waals surface area contributed by atoms with Gasteiger partial charge in [-0.1, -0.05) is 48.5 Å². The molecule has 3 aromatic rings. The van der Waals surface area contributed by atoms with Crippen molar-refractivity contribution in [2.45, 2.75) is 19.2 Å². The van der Waals surface area contributed by atoms with E-state index in [4.69, 9.17) is 4.74 Å². The third-order valence-corrected chi connectivity index (χ3v) is 3.88. The molecule has 0 spiro atoms. The molecule has 21 heavy (non-hydrogen) atoms. The van der Waals surface area contributed by atoms with Gasteiger partial charge in [-0.05, 0) is 11.6 Å². The predicted octanol–water partition coefficient (Wildman–Crippen LogP) is 2.96. The van der Waals surface area contributed by atoms with E-state index in [1.807, 2.05) is 18.2 Å². The molecule has 1 aliphatic heterocycles. The Bertz CT molecular complexity index is 724. The van der Waals surface area contributed by atoms with E-state index in [-0.39, 0.29) is 6.23 Å². The zero-order valence-electron chi connectivity index (χ0n) is 11.7. The van der Waals surface area contributed by atoms with Crippen molar-refractivity contribution in [3.63, 3.8) is 0 Å². The first-order valence-corrected chi connectivity index (χ1v) is 7.23. The second-order valence-electron chi connectivity index (χ2n) is 5.40. The summed E-state index contributed by atoms with van der Waals surface area (Å²) in [6.07, 6.45) is 7.29. The Labute approximate surface area is 124 Å². The fourth-order valence-electron chi connectivity index (χ4n) is 2.80. The molecule has 0 radical (unpaired) electrons. The Hall–Kier alpha value is -2.55. The van der Waals surface area contributed by atoms with Crippen LogP contribution >= 0.6 is 0 Å². The summed E-state index contributed by atoms with van der Waals surface area (Å²) in [5.74, 6) is 1.01. The zero-order chi connectivity index (χ0) is 14.1. The normalized spacial score (nSPS) is 16.5. The van der Waals surface area contributed by atoms with Crippen LogP contribution in [0.1, 0.15) is 17.4 Å². The van der Waals surface area contributed by atoms with Crippen LogP contribution in [0.5, 0.6) is 5.75 Å². The maximum Gasteiger partial charge on any atom is 0.247 e. The summed E-state index contributed by atoms with van der Waals surface area (Å²) >= 11 is 0. The molecule has 4 rings (SSSR count). The molecule has 1 aromatic heterocycles. The van der Waals surface area contributed by atoms with Gasteiger partial charge < -0.3 is 4.74 Å². The Morgan fingerprint density at radius 1 is 1.05 bits per heavy atom. The summed E-state index contributed by atoms with van der Waals surface area (Å²) in [6, 6.07) is 18.7. The van der Waals surface area contributed by atoms with Gasteiger partial charge in [-0.3, -0.25) is 0 Å². The lowest BCUT2D eigenvalue weighted by atomic mass is 10.1. The summed E-state index contributed by atoms with van der Waals surface area (Å²) < 4.78 is 10.3. The average molecular weight is 277 g/mol. The maximum atomic E-state index is 6.01. The van der Waals surface area contributed by atoms with Crippen molar-refractivity contribution in [1.29, 1.82) is 0 Å². The summed E-state index contributed by atoms with van der Waals surface area (Å²) in [7, 11) is 0. The highest BCUT2D eigenvalue weighted by molar-refractivity contribution is 5.36. The molecule has 2 heterocycles. The Kier molecular flexibility index (Phi) is 2.96. The summed E-state index contributed by atoms with van der Waals surface area (Å²) in [5, 5.41) is 0. The minimum Gasteiger partial charge on any atom is -0.451 e. The molecule has 0 fully saturated rings. The number of ether oxygens (including phenoxy) is 1. The van der Waals surface area contributed by atoms with Gasteiger partial charge in [-0.2, -0.15) is 4.57 Å². The van der Waals surface area contributed by atoms with Gasteiger partial charge >= 0.3 is 0 Å². The van der Waals surface area contributed by atoms with Gasteiger partial charge in [-0.25, -0.2) is 4.57 Å². The van der Waals surface area contributed by atoms with Gasteiger partial charge in [0.25, 0.3) is 0 Å². The van der Waals surface area contributed by atoms with Crippen molar-refractivity contribution in [2.75, 3.05) is 0 Å². The van der Waals surface area contributed by atoms with Gasteiger partial charge in [0.1, 0.15) is 24.7 Å². The number of hydrogen-bond acceptors (Lipinski definition) is 1. The minimum absolute atomic E-state index is 0.0689. The van der Waals surface area contributed by atoms with Crippen molar-refractivity contribution >= 4 is 0 Å². The largest absolute Gasteiger partial charge is 0.451 e. The Morgan fingerprint density at radius 3 is 2.71 bits per heavy atom. The lowest BCUT2D eigenvalue weighted by Gasteiger charge is -2.05.